The van der Waals surface area contributed by atoms with E-state index in [1.165, 1.54) is 45.3 Å². The second-order valence-electron chi connectivity index (χ2n) is 3.35. The summed E-state index contributed by atoms with van der Waals surface area (Å²) in [7, 11) is 0. The van der Waals surface area contributed by atoms with Gasteiger partial charge in [-0.25, -0.2) is 5.01 Å². The Labute approximate surface area is 68.4 Å². The third-order valence-electron chi connectivity index (χ3n) is 2.48. The number of nitrogens with zero attached hydrogens (tertiary/aromatic N) is 2. The molecular formula is C9H16N2. The Morgan fingerprint density at radius 3 is 2.73 bits per heavy atom. The molecule has 0 aliphatic carbocycles. The van der Waals surface area contributed by atoms with Crippen LogP contribution in [0.4, 0.5) is 0 Å². The topological polar surface area (TPSA) is 6.48 Å². The van der Waals surface area contributed by atoms with Crippen molar-refractivity contribution in [1.29, 1.82) is 0 Å². The molecule has 0 aromatic heterocycles. The third-order valence-corrected chi connectivity index (χ3v) is 2.48. The lowest BCUT2D eigenvalue weighted by Gasteiger charge is -2.36. The van der Waals surface area contributed by atoms with E-state index in [4.69, 9.17) is 0 Å². The number of hydrazine groups is 1. The number of fused-ring (bicyclic) bond motifs is 1. The standard InChI is InChI=1S/C9H16N2/c1-2-6-10-8-4-5-9-11(10)7-3-1/h2,6H,1,3-5,7-9H2. The minimum Gasteiger partial charge on any atom is -0.313 e. The Morgan fingerprint density at radius 1 is 0.909 bits per heavy atom. The van der Waals surface area contributed by atoms with Crippen LogP contribution in [0.5, 0.6) is 0 Å². The van der Waals surface area contributed by atoms with Crippen molar-refractivity contribution in [2.24, 2.45) is 0 Å². The third kappa shape index (κ3) is 1.56. The summed E-state index contributed by atoms with van der Waals surface area (Å²) in [6, 6.07) is 0. The normalized spacial score (nSPS) is 26.4. The quantitative estimate of drug-likeness (QED) is 0.520. The van der Waals surface area contributed by atoms with Crippen LogP contribution in [0.3, 0.4) is 0 Å². The molecule has 1 saturated heterocycles. The van der Waals surface area contributed by atoms with Gasteiger partial charge in [0.25, 0.3) is 0 Å². The van der Waals surface area contributed by atoms with Crippen LogP contribution in [0.2, 0.25) is 0 Å². The maximum Gasteiger partial charge on any atom is 0.0340 e. The summed E-state index contributed by atoms with van der Waals surface area (Å²) in [5.74, 6) is 0. The zero-order chi connectivity index (χ0) is 7.52. The summed E-state index contributed by atoms with van der Waals surface area (Å²) in [5.41, 5.74) is 0. The monoisotopic (exact) mass is 152 g/mol. The molecule has 1 fully saturated rings. The summed E-state index contributed by atoms with van der Waals surface area (Å²) < 4.78 is 0. The minimum absolute atomic E-state index is 1.23. The van der Waals surface area contributed by atoms with Crippen LogP contribution in [-0.4, -0.2) is 29.7 Å². The molecule has 0 atom stereocenters. The molecule has 0 N–H and O–H groups in total. The second-order valence-corrected chi connectivity index (χ2v) is 3.35. The lowest BCUT2D eigenvalue weighted by atomic mass is 10.2. The molecule has 62 valence electrons. The Bertz CT molecular complexity index is 154. The smallest absolute Gasteiger partial charge is 0.0340 e. The van der Waals surface area contributed by atoms with Gasteiger partial charge in [0.05, 0.1) is 0 Å². The zero-order valence-corrected chi connectivity index (χ0v) is 7.00. The molecule has 2 aliphatic heterocycles. The molecule has 0 amide bonds. The second kappa shape index (κ2) is 3.26. The van der Waals surface area contributed by atoms with Crippen molar-refractivity contribution in [3.05, 3.63) is 12.3 Å². The van der Waals surface area contributed by atoms with Gasteiger partial charge in [0.2, 0.25) is 0 Å². The van der Waals surface area contributed by atoms with E-state index in [1.54, 1.807) is 0 Å². The van der Waals surface area contributed by atoms with Crippen molar-refractivity contribution in [1.82, 2.24) is 10.0 Å². The molecule has 2 nitrogen and oxygen atoms in total. The van der Waals surface area contributed by atoms with Crippen molar-refractivity contribution in [2.75, 3.05) is 19.6 Å². The van der Waals surface area contributed by atoms with Gasteiger partial charge in [0.15, 0.2) is 0 Å². The van der Waals surface area contributed by atoms with E-state index < -0.39 is 0 Å². The molecule has 2 rings (SSSR count). The van der Waals surface area contributed by atoms with E-state index in [2.05, 4.69) is 22.3 Å². The molecule has 0 saturated carbocycles. The van der Waals surface area contributed by atoms with Gasteiger partial charge in [0.1, 0.15) is 0 Å². The molecule has 0 bridgehead atoms. The number of hydrogen-bond acceptors (Lipinski definition) is 2. The maximum atomic E-state index is 2.48. The average Bonchev–Trinajstić information content (AvgIpc) is 2.28. The first-order valence-electron chi connectivity index (χ1n) is 4.65. The lowest BCUT2D eigenvalue weighted by Crippen LogP contribution is -2.43. The van der Waals surface area contributed by atoms with Gasteiger partial charge in [-0.1, -0.05) is 6.08 Å². The average molecular weight is 152 g/mol. The highest BCUT2D eigenvalue weighted by Gasteiger charge is 2.16. The Morgan fingerprint density at radius 2 is 1.73 bits per heavy atom. The Kier molecular flexibility index (Phi) is 2.13. The number of hydrogen-bond donors (Lipinski definition) is 0. The molecule has 0 radical (unpaired) electrons. The van der Waals surface area contributed by atoms with Crippen molar-refractivity contribution in [3.8, 4) is 0 Å². The van der Waals surface area contributed by atoms with E-state index in [0.29, 0.717) is 0 Å². The van der Waals surface area contributed by atoms with E-state index in [-0.39, 0.29) is 0 Å². The Hall–Kier alpha value is -0.500. The first-order chi connectivity index (χ1) is 5.47. The summed E-state index contributed by atoms with van der Waals surface area (Å²) in [6.07, 6.45) is 9.88. The lowest BCUT2D eigenvalue weighted by molar-refractivity contribution is -0.00336. The van der Waals surface area contributed by atoms with Crippen LogP contribution >= 0.6 is 0 Å². The van der Waals surface area contributed by atoms with Crippen LogP contribution in [0.1, 0.15) is 25.7 Å². The molecule has 0 unspecified atom stereocenters. The van der Waals surface area contributed by atoms with E-state index in [9.17, 15) is 0 Å². The fourth-order valence-corrected chi connectivity index (χ4v) is 1.83. The molecule has 11 heavy (non-hydrogen) atoms. The predicted octanol–water partition coefficient (Wildman–Crippen LogP) is 1.61. The maximum absolute atomic E-state index is 2.48. The molecule has 0 aromatic carbocycles. The van der Waals surface area contributed by atoms with E-state index >= 15 is 0 Å². The number of allylic oxidation sites excluding steroid dienone is 1. The summed E-state index contributed by atoms with van der Waals surface area (Å²) in [5, 5.41) is 4.86. The van der Waals surface area contributed by atoms with E-state index in [1.807, 2.05) is 0 Å². The molecule has 0 aromatic rings. The summed E-state index contributed by atoms with van der Waals surface area (Å²) >= 11 is 0. The highest BCUT2D eigenvalue weighted by Crippen LogP contribution is 2.15. The summed E-state index contributed by atoms with van der Waals surface area (Å²) in [4.78, 5) is 0. The fraction of sp³-hybridized carbons (Fsp3) is 0.778. The highest BCUT2D eigenvalue weighted by atomic mass is 15.6. The molecule has 0 spiro atoms. The number of rotatable bonds is 0. The zero-order valence-electron chi connectivity index (χ0n) is 7.00. The first kappa shape index (κ1) is 7.17. The van der Waals surface area contributed by atoms with Gasteiger partial charge >= 0.3 is 0 Å². The van der Waals surface area contributed by atoms with Crippen molar-refractivity contribution in [3.63, 3.8) is 0 Å². The molecule has 2 aliphatic rings. The van der Waals surface area contributed by atoms with Gasteiger partial charge < -0.3 is 5.01 Å². The van der Waals surface area contributed by atoms with Crippen molar-refractivity contribution >= 4 is 0 Å². The van der Waals surface area contributed by atoms with Crippen LogP contribution < -0.4 is 0 Å². The minimum atomic E-state index is 1.23. The summed E-state index contributed by atoms with van der Waals surface area (Å²) in [6.45, 7) is 3.76. The van der Waals surface area contributed by atoms with Crippen LogP contribution in [0.15, 0.2) is 12.3 Å². The Balaban J connectivity index is 2.02. The van der Waals surface area contributed by atoms with Crippen LogP contribution in [-0.2, 0) is 0 Å². The highest BCUT2D eigenvalue weighted by molar-refractivity contribution is 4.86. The van der Waals surface area contributed by atoms with Gasteiger partial charge in [-0.05, 0) is 25.7 Å². The van der Waals surface area contributed by atoms with Gasteiger partial charge in [-0.15, -0.1) is 0 Å². The first-order valence-corrected chi connectivity index (χ1v) is 4.65. The van der Waals surface area contributed by atoms with Crippen molar-refractivity contribution in [2.45, 2.75) is 25.7 Å². The van der Waals surface area contributed by atoms with E-state index in [0.717, 1.165) is 0 Å². The predicted molar refractivity (Wildman–Crippen MR) is 45.9 cm³/mol. The fourth-order valence-electron chi connectivity index (χ4n) is 1.83. The van der Waals surface area contributed by atoms with Crippen LogP contribution in [0, 0.1) is 0 Å². The van der Waals surface area contributed by atoms with Crippen LogP contribution in [0.25, 0.3) is 0 Å². The van der Waals surface area contributed by atoms with Gasteiger partial charge in [-0.2, -0.15) is 0 Å². The van der Waals surface area contributed by atoms with Gasteiger partial charge in [-0.3, -0.25) is 0 Å². The molecule has 2 heterocycles. The van der Waals surface area contributed by atoms with Gasteiger partial charge in [0, 0.05) is 25.8 Å². The largest absolute Gasteiger partial charge is 0.313 e. The van der Waals surface area contributed by atoms with Crippen molar-refractivity contribution < 1.29 is 0 Å². The molecule has 2 heteroatoms. The molecular weight excluding hydrogens is 136 g/mol. The SMILES string of the molecule is C1=CN2CCCCN2CCC1.